The zero-order valence-electron chi connectivity index (χ0n) is 70.4. The van der Waals surface area contributed by atoms with Gasteiger partial charge >= 0.3 is 39.1 Å². The zero-order chi connectivity index (χ0) is 96.1. The van der Waals surface area contributed by atoms with Gasteiger partial charge in [-0.2, -0.15) is 29.9 Å². The number of imidazole rings is 5. The minimum Gasteiger partial charge on any atom is -0.382 e. The summed E-state index contributed by atoms with van der Waals surface area (Å²) in [5.74, 6) is -0.00241. The molecule has 0 aliphatic carbocycles. The molecule has 728 valence electrons. The molecule has 0 spiro atoms. The van der Waals surface area contributed by atoms with Crippen molar-refractivity contribution in [1.29, 1.82) is 0 Å². The Balaban J connectivity index is 0.000000121. The molecule has 10 aromatic heterocycles. The molecule has 0 amide bonds. The molecule has 0 bridgehead atoms. The summed E-state index contributed by atoms with van der Waals surface area (Å²) in [5.41, 5.74) is 47.7. The first-order chi connectivity index (χ1) is 62.2. The predicted octanol–water partition coefficient (Wildman–Crippen LogP) is 9.54. The lowest BCUT2D eigenvalue weighted by Gasteiger charge is -2.33. The molecule has 20 rings (SSSR count). The van der Waals surface area contributed by atoms with Crippen molar-refractivity contribution in [3.05, 3.63) is 44.3 Å². The van der Waals surface area contributed by atoms with E-state index in [9.17, 15) is 22.8 Å². The number of hydrogen-bond donors (Lipinski definition) is 8. The summed E-state index contributed by atoms with van der Waals surface area (Å²) in [6, 6.07) is 0. The van der Waals surface area contributed by atoms with Crippen LogP contribution in [0, 0.1) is 0 Å². The molecule has 10 aliphatic rings. The fraction of sp³-hybridized carbons (Fsp3) is 0.615. The summed E-state index contributed by atoms with van der Waals surface area (Å²) in [7, 11) is -19.9. The molecular weight excluding hydrogens is 2000 g/mol. The summed E-state index contributed by atoms with van der Waals surface area (Å²) < 4.78 is 253. The maximum Gasteiger partial charge on any atom is 0.475 e. The number of nitrogens with zero attached hydrogens (tertiary/aromatic N) is 20. The number of ether oxygens (including phenoxy) is 5. The van der Waals surface area contributed by atoms with Crippen molar-refractivity contribution in [2.45, 2.75) is 218 Å². The molecule has 0 aromatic carbocycles. The number of nitrogen functional groups attached to an aromatic ring is 8. The molecule has 0 saturated carbocycles. The van der Waals surface area contributed by atoms with Crippen molar-refractivity contribution in [1.82, 2.24) is 97.6 Å². The molecule has 10 fully saturated rings. The zero-order valence-corrected chi connectivity index (χ0v) is 78.7. The fourth-order valence-electron chi connectivity index (χ4n) is 14.9. The van der Waals surface area contributed by atoms with Gasteiger partial charge in [-0.15, -0.1) is 0 Å². The highest BCUT2D eigenvalue weighted by Gasteiger charge is 2.69. The summed E-state index contributed by atoms with van der Waals surface area (Å²) in [6.45, 7) is 15.4. The van der Waals surface area contributed by atoms with E-state index in [1.165, 1.54) is 67.1 Å². The van der Waals surface area contributed by atoms with E-state index in [1.54, 1.807) is 69.2 Å². The number of fused-ring (bicyclic) bond motifs is 10. The van der Waals surface area contributed by atoms with E-state index in [2.05, 4.69) is 74.8 Å². The quantitative estimate of drug-likeness (QED) is 0.0269. The van der Waals surface area contributed by atoms with Gasteiger partial charge in [-0.05, 0) is 69.2 Å². The first-order valence-electron chi connectivity index (χ1n) is 39.6. The summed E-state index contributed by atoms with van der Waals surface area (Å²) in [4.78, 5) is 59.5. The van der Waals surface area contributed by atoms with Gasteiger partial charge in [-0.1, -0.05) is 58.0 Å². The van der Waals surface area contributed by atoms with Crippen molar-refractivity contribution < 1.29 is 136 Å². The largest absolute Gasteiger partial charge is 0.475 e. The summed E-state index contributed by atoms with van der Waals surface area (Å²) in [6.07, 6.45) is -12.0. The normalized spacial score (nSPS) is 36.8. The Kier molecular flexibility index (Phi) is 27.0. The topological polar surface area (TPSA) is 696 Å². The molecule has 68 heteroatoms. The van der Waals surface area contributed by atoms with Crippen LogP contribution in [0.4, 0.5) is 68.9 Å². The molecule has 10 saturated heterocycles. The number of halogens is 10. The van der Waals surface area contributed by atoms with Crippen LogP contribution < -0.4 is 45.9 Å². The molecule has 1 unspecified atom stereocenters. The van der Waals surface area contributed by atoms with Gasteiger partial charge in [0.05, 0.1) is 95.2 Å². The third-order valence-electron chi connectivity index (χ3n) is 20.1. The van der Waals surface area contributed by atoms with E-state index in [1.807, 2.05) is 0 Å². The van der Waals surface area contributed by atoms with Crippen LogP contribution in [-0.4, -0.2) is 248 Å². The van der Waals surface area contributed by atoms with Crippen molar-refractivity contribution in [2.24, 2.45) is 0 Å². The fourth-order valence-corrected chi connectivity index (χ4v) is 24.8. The number of aromatic nitrogens is 20. The second-order valence-corrected chi connectivity index (χ2v) is 42.4. The first-order valence-corrected chi connectivity index (χ1v) is 48.8. The smallest absolute Gasteiger partial charge is 0.382 e. The number of phosphoric acid groups is 5. The number of rotatable bonds is 15. The highest BCUT2D eigenvalue weighted by atomic mass is 35.5. The second-order valence-electron chi connectivity index (χ2n) is 31.7. The van der Waals surface area contributed by atoms with Crippen LogP contribution >= 0.6 is 97.1 Å². The van der Waals surface area contributed by atoms with E-state index in [0.717, 1.165) is 0 Å². The van der Waals surface area contributed by atoms with Crippen LogP contribution in [0.3, 0.4) is 0 Å². The molecule has 10 aliphatic heterocycles. The highest BCUT2D eigenvalue weighted by molar-refractivity contribution is 7.49. The summed E-state index contributed by atoms with van der Waals surface area (Å²) >= 11 is 30.7. The molecule has 20 heterocycles. The molecule has 25 atom stereocenters. The van der Waals surface area contributed by atoms with E-state index >= 15 is 22.0 Å². The molecular formula is C65H83Cl5F5N28O25P5. The van der Waals surface area contributed by atoms with Gasteiger partial charge in [0.25, 0.3) is 25.6 Å². The first kappa shape index (κ1) is 98.6. The van der Waals surface area contributed by atoms with E-state index < -0.39 is 187 Å². The number of nitrogens with two attached hydrogens (primary N) is 8. The molecule has 16 N–H and O–H groups in total. The number of phosphoric ester groups is 5. The van der Waals surface area contributed by atoms with Crippen molar-refractivity contribution in [3.63, 3.8) is 0 Å². The van der Waals surface area contributed by atoms with Crippen LogP contribution in [0.15, 0.2) is 44.3 Å². The standard InChI is InChI=1S/3C13H17ClFN6O5P.2C13H16ClFN5O5P/c3*1-5(2)25-27(22)23-3-6-8(26-27)13(14,15)11(24-6)21-4-18-7-9(16)19-12(17)20-10(7)21;2*1-6(2)24-26(21)22-3-7-9(25-26)13(14,15)12(23-7)20-5-19-8-10(16)17-4-18-11(8)20/h3*4-6,8,11H,3H2,1-2H3,(H4,16,17,19,20);2*4-7,9,12H,3H2,1-2H3,(H2,16,17,18)/t6-,8-,11-,13+,27?;6-,8-,11-,13+,27+;6-,8-,11-,13+,27-;7-,9-,12-,13+,26+;7-,9-,12-,13+,26-/m11111/s1. The molecule has 133 heavy (non-hydrogen) atoms. The van der Waals surface area contributed by atoms with Crippen LogP contribution in [0.1, 0.15) is 100 Å². The van der Waals surface area contributed by atoms with E-state index in [0.29, 0.717) is 0 Å². The van der Waals surface area contributed by atoms with Gasteiger partial charge in [-0.3, -0.25) is 90.7 Å². The van der Waals surface area contributed by atoms with Gasteiger partial charge in [0, 0.05) is 0 Å². The highest BCUT2D eigenvalue weighted by Crippen LogP contribution is 2.67. The van der Waals surface area contributed by atoms with Crippen molar-refractivity contribution >= 4 is 200 Å². The van der Waals surface area contributed by atoms with E-state index in [4.69, 9.17) is 195 Å². The Morgan fingerprint density at radius 2 is 0.496 bits per heavy atom. The SMILES string of the molecule is CC(C)OP1(=O)OC[C@H]2O[C@@H](n3cnc4c(N)nc(N)nc43)[C@](F)(Cl)[C@@H]2O1.CC(C)O[P@@]1(=O)OC[C@H]2O[C@@H](n3cnc4c(N)nc(N)nc43)[C@](F)(Cl)[C@@H]2O1.CC(C)O[P@@]1(=O)OC[C@H]2O[C@@H](n3cnc4c(N)ncnc43)[C@](F)(Cl)[C@@H]2O1.CC(C)O[P@]1(=O)OC[C@H]2O[C@@H](n3cnc4c(N)nc(N)nc43)[C@](F)(Cl)[C@@H]2O1.CC(C)O[P@]1(=O)OC[C@H]2O[C@@H](n3cnc4c(N)ncnc43)[C@](F)(Cl)[C@@H]2O1. The van der Waals surface area contributed by atoms with Crippen molar-refractivity contribution in [3.8, 4) is 0 Å². The lowest BCUT2D eigenvalue weighted by Crippen LogP contribution is -2.43. The van der Waals surface area contributed by atoms with Crippen LogP contribution in [0.5, 0.6) is 0 Å². The Hall–Kier alpha value is -7.40. The Bertz CT molecular complexity index is 5830. The van der Waals surface area contributed by atoms with Crippen LogP contribution in [0.2, 0.25) is 0 Å². The molecule has 10 aromatic rings. The Morgan fingerprint density at radius 1 is 0.308 bits per heavy atom. The average Bonchev–Trinajstić information content (AvgIpc) is 1.60. The Labute approximate surface area is 770 Å². The lowest BCUT2D eigenvalue weighted by atomic mass is 10.1. The van der Waals surface area contributed by atoms with Crippen LogP contribution in [-0.2, 0) is 114 Å². The van der Waals surface area contributed by atoms with Crippen molar-refractivity contribution in [2.75, 3.05) is 78.9 Å². The van der Waals surface area contributed by atoms with Gasteiger partial charge in [0.1, 0.15) is 70.8 Å². The average molecular weight is 2080 g/mol. The third kappa shape index (κ3) is 19.0. The van der Waals surface area contributed by atoms with Gasteiger partial charge in [0.2, 0.25) is 17.8 Å². The maximum atomic E-state index is 15.5. The van der Waals surface area contributed by atoms with Gasteiger partial charge < -0.3 is 69.6 Å². The van der Waals surface area contributed by atoms with Crippen LogP contribution in [0.25, 0.3) is 55.8 Å². The predicted molar refractivity (Wildman–Crippen MR) is 453 cm³/mol. The minimum atomic E-state index is -3.98. The minimum absolute atomic E-state index is 0.0279. The number of alkyl halides is 10. The Morgan fingerprint density at radius 3 is 0.692 bits per heavy atom. The van der Waals surface area contributed by atoms with Gasteiger partial charge in [0.15, 0.2) is 119 Å². The second kappa shape index (κ2) is 36.4. The monoisotopic (exact) mass is 2080 g/mol. The number of hydrogen-bond acceptors (Lipinski definition) is 48. The summed E-state index contributed by atoms with van der Waals surface area (Å²) in [5, 5.41) is -13.0. The van der Waals surface area contributed by atoms with E-state index in [-0.39, 0.29) is 136 Å². The molecule has 53 nitrogen and oxygen atoms in total. The molecule has 0 radical (unpaired) electrons. The maximum absolute atomic E-state index is 15.5. The third-order valence-corrected chi connectivity index (χ3v) is 30.2. The number of anilines is 8. The lowest BCUT2D eigenvalue weighted by molar-refractivity contribution is -0.0734. The van der Waals surface area contributed by atoms with Gasteiger partial charge in [-0.25, -0.2) is 89.6 Å².